The molecule has 130 valence electrons. The van der Waals surface area contributed by atoms with Crippen molar-refractivity contribution in [2.24, 2.45) is 0 Å². The molecule has 2 rings (SSSR count). The first kappa shape index (κ1) is 20.2. The molecule has 0 radical (unpaired) electrons. The van der Waals surface area contributed by atoms with E-state index in [-0.39, 0.29) is 18.3 Å². The molecule has 2 aromatic rings. The number of carbonyl (C=O) groups excluding carboxylic acids is 1. The lowest BCUT2D eigenvalue weighted by Crippen LogP contribution is -3.00. The molecule has 0 aliphatic rings. The summed E-state index contributed by atoms with van der Waals surface area (Å²) in [6, 6.07) is 10.4. The zero-order chi connectivity index (χ0) is 16.8. The van der Waals surface area contributed by atoms with Crippen molar-refractivity contribution in [1.82, 2.24) is 0 Å². The van der Waals surface area contributed by atoms with Crippen molar-refractivity contribution in [3.05, 3.63) is 58.9 Å². The molecule has 1 aromatic heterocycles. The Morgan fingerprint density at radius 3 is 2.17 bits per heavy atom. The molecule has 0 atom stereocenters. The predicted molar refractivity (Wildman–Crippen MR) is 94.6 cm³/mol. The lowest BCUT2D eigenvalue weighted by Gasteiger charge is -2.13. The molecule has 1 N–H and O–H groups in total. The second-order valence-electron chi connectivity index (χ2n) is 5.87. The number of rotatable bonds is 6. The van der Waals surface area contributed by atoms with Crippen molar-refractivity contribution in [2.45, 2.75) is 53.5 Å². The van der Waals surface area contributed by atoms with E-state index in [4.69, 9.17) is 0 Å². The number of benzene rings is 1. The van der Waals surface area contributed by atoms with Crippen LogP contribution >= 0.6 is 0 Å². The first-order valence-electron chi connectivity index (χ1n) is 8.48. The van der Waals surface area contributed by atoms with Gasteiger partial charge in [-0.25, -0.2) is 0 Å². The topological polar surface area (TPSA) is 33.0 Å². The van der Waals surface area contributed by atoms with Gasteiger partial charge in [0.25, 0.3) is 5.91 Å². The third-order valence-corrected chi connectivity index (χ3v) is 4.30. The maximum atomic E-state index is 12.5. The second-order valence-corrected chi connectivity index (χ2v) is 5.87. The van der Waals surface area contributed by atoms with Gasteiger partial charge in [0.15, 0.2) is 11.9 Å². The number of nitrogens with one attached hydrogen (secondary N) is 1. The Balaban J connectivity index is 0.00000288. The molecular weight excluding hydrogens is 320 g/mol. The van der Waals surface area contributed by atoms with E-state index < -0.39 is 0 Å². The first-order chi connectivity index (χ1) is 11.1. The average Bonchev–Trinajstić information content (AvgIpc) is 2.57. The number of hydrogen-bond donors (Lipinski definition) is 1. The van der Waals surface area contributed by atoms with E-state index in [1.165, 1.54) is 16.7 Å². The number of para-hydroxylation sites is 1. The SMILES string of the molecule is CCc1ccc(C)[n+](CC(=O)Nc2c(CC)cccc2CC)c1.[Cl-]. The van der Waals surface area contributed by atoms with Crippen LogP contribution in [0, 0.1) is 6.92 Å². The van der Waals surface area contributed by atoms with E-state index >= 15 is 0 Å². The number of anilines is 1. The number of pyridine rings is 1. The lowest BCUT2D eigenvalue weighted by molar-refractivity contribution is -0.690. The highest BCUT2D eigenvalue weighted by molar-refractivity contribution is 5.91. The van der Waals surface area contributed by atoms with Crippen LogP contribution in [-0.4, -0.2) is 5.91 Å². The Labute approximate surface area is 151 Å². The van der Waals surface area contributed by atoms with Crippen LogP contribution in [0.1, 0.15) is 43.2 Å². The average molecular weight is 347 g/mol. The van der Waals surface area contributed by atoms with Gasteiger partial charge in [-0.15, -0.1) is 0 Å². The van der Waals surface area contributed by atoms with Gasteiger partial charge in [-0.1, -0.05) is 39.0 Å². The number of nitrogens with zero attached hydrogens (tertiary/aromatic N) is 1. The molecule has 1 amide bonds. The summed E-state index contributed by atoms with van der Waals surface area (Å²) in [5.74, 6) is 0.0296. The highest BCUT2D eigenvalue weighted by atomic mass is 35.5. The molecule has 0 fully saturated rings. The normalized spacial score (nSPS) is 10.2. The summed E-state index contributed by atoms with van der Waals surface area (Å²) in [5, 5.41) is 3.13. The van der Waals surface area contributed by atoms with Crippen molar-refractivity contribution in [1.29, 1.82) is 0 Å². The first-order valence-corrected chi connectivity index (χ1v) is 8.48. The standard InChI is InChI=1S/C20H26N2O.ClH/c1-5-16-12-11-15(4)22(13-16)14-19(23)21-20-17(6-2)9-8-10-18(20)7-3;/h8-13H,5-7,14H2,1-4H3;1H. The molecule has 0 aliphatic heterocycles. The van der Waals surface area contributed by atoms with Gasteiger partial charge in [-0.2, -0.15) is 4.57 Å². The Hall–Kier alpha value is -1.87. The zero-order valence-corrected chi connectivity index (χ0v) is 15.8. The summed E-state index contributed by atoms with van der Waals surface area (Å²) in [6.45, 7) is 8.74. The quantitative estimate of drug-likeness (QED) is 0.764. The molecule has 4 heteroatoms. The zero-order valence-electron chi connectivity index (χ0n) is 15.0. The van der Waals surface area contributed by atoms with Crippen LogP contribution in [0.3, 0.4) is 0 Å². The smallest absolute Gasteiger partial charge is 0.290 e. The molecule has 0 saturated heterocycles. The fourth-order valence-corrected chi connectivity index (χ4v) is 2.78. The monoisotopic (exact) mass is 346 g/mol. The highest BCUT2D eigenvalue weighted by Gasteiger charge is 2.16. The third-order valence-electron chi connectivity index (χ3n) is 4.30. The maximum Gasteiger partial charge on any atom is 0.290 e. The molecule has 3 nitrogen and oxygen atoms in total. The van der Waals surface area contributed by atoms with Crippen LogP contribution < -0.4 is 22.3 Å². The molecule has 0 aliphatic carbocycles. The number of amides is 1. The molecule has 24 heavy (non-hydrogen) atoms. The Morgan fingerprint density at radius 2 is 1.62 bits per heavy atom. The summed E-state index contributed by atoms with van der Waals surface area (Å²) in [6.07, 6.45) is 4.88. The van der Waals surface area contributed by atoms with Gasteiger partial charge in [0.2, 0.25) is 6.54 Å². The van der Waals surface area contributed by atoms with Gasteiger partial charge < -0.3 is 17.7 Å². The molecule has 0 spiro atoms. The number of halogens is 1. The highest BCUT2D eigenvalue weighted by Crippen LogP contribution is 2.22. The molecule has 1 aromatic carbocycles. The van der Waals surface area contributed by atoms with Gasteiger partial charge in [0, 0.05) is 24.2 Å². The summed E-state index contributed by atoms with van der Waals surface area (Å²) in [5.41, 5.74) is 5.72. The van der Waals surface area contributed by atoms with Gasteiger partial charge in [0.1, 0.15) is 0 Å². The van der Waals surface area contributed by atoms with Crippen molar-refractivity contribution < 1.29 is 21.8 Å². The summed E-state index contributed by atoms with van der Waals surface area (Å²) < 4.78 is 2.02. The van der Waals surface area contributed by atoms with Gasteiger partial charge in [-0.3, -0.25) is 4.79 Å². The van der Waals surface area contributed by atoms with E-state index in [1.807, 2.05) is 11.5 Å². The Kier molecular flexibility index (Phi) is 7.93. The minimum absolute atomic E-state index is 0. The van der Waals surface area contributed by atoms with Crippen LogP contribution in [0.2, 0.25) is 0 Å². The fraction of sp³-hybridized carbons (Fsp3) is 0.400. The molecule has 0 bridgehead atoms. The Bertz CT molecular complexity index is 676. The molecular formula is C20H27ClN2O. The van der Waals surface area contributed by atoms with E-state index in [1.54, 1.807) is 0 Å². The summed E-state index contributed by atoms with van der Waals surface area (Å²) in [4.78, 5) is 12.5. The molecule has 0 saturated carbocycles. The van der Waals surface area contributed by atoms with Crippen molar-refractivity contribution >= 4 is 11.6 Å². The number of aryl methyl sites for hydroxylation is 4. The number of hydrogen-bond acceptors (Lipinski definition) is 1. The Morgan fingerprint density at radius 1 is 1.00 bits per heavy atom. The third kappa shape index (κ3) is 4.81. The largest absolute Gasteiger partial charge is 1.00 e. The fourth-order valence-electron chi connectivity index (χ4n) is 2.78. The van der Waals surface area contributed by atoms with Gasteiger partial charge in [0.05, 0.1) is 0 Å². The maximum absolute atomic E-state index is 12.5. The molecule has 1 heterocycles. The number of aromatic nitrogens is 1. The minimum atomic E-state index is 0. The second kappa shape index (κ2) is 9.43. The van der Waals surface area contributed by atoms with E-state index in [0.717, 1.165) is 30.6 Å². The summed E-state index contributed by atoms with van der Waals surface area (Å²) in [7, 11) is 0. The predicted octanol–water partition coefficient (Wildman–Crippen LogP) is 0.612. The minimum Gasteiger partial charge on any atom is -1.00 e. The lowest BCUT2D eigenvalue weighted by atomic mass is 10.0. The van der Waals surface area contributed by atoms with Crippen LogP contribution in [0.15, 0.2) is 36.5 Å². The molecule has 0 unspecified atom stereocenters. The van der Waals surface area contributed by atoms with Crippen LogP contribution in [0.25, 0.3) is 0 Å². The van der Waals surface area contributed by atoms with Crippen LogP contribution in [-0.2, 0) is 30.6 Å². The van der Waals surface area contributed by atoms with Crippen LogP contribution in [0.4, 0.5) is 5.69 Å². The van der Waals surface area contributed by atoms with Gasteiger partial charge >= 0.3 is 0 Å². The van der Waals surface area contributed by atoms with Crippen molar-refractivity contribution in [2.75, 3.05) is 5.32 Å². The van der Waals surface area contributed by atoms with Crippen molar-refractivity contribution in [3.8, 4) is 0 Å². The van der Waals surface area contributed by atoms with E-state index in [9.17, 15) is 4.79 Å². The van der Waals surface area contributed by atoms with E-state index in [0.29, 0.717) is 6.54 Å². The van der Waals surface area contributed by atoms with Crippen LogP contribution in [0.5, 0.6) is 0 Å². The number of carbonyl (C=O) groups is 1. The summed E-state index contributed by atoms with van der Waals surface area (Å²) >= 11 is 0. The van der Waals surface area contributed by atoms with Crippen molar-refractivity contribution in [3.63, 3.8) is 0 Å². The van der Waals surface area contributed by atoms with E-state index in [2.05, 4.69) is 62.6 Å². The van der Waals surface area contributed by atoms with Gasteiger partial charge in [-0.05, 0) is 36.5 Å².